The highest BCUT2D eigenvalue weighted by molar-refractivity contribution is 5.68. The van der Waals surface area contributed by atoms with Gasteiger partial charge in [-0.2, -0.15) is 5.10 Å². The van der Waals surface area contributed by atoms with Crippen LogP contribution in [-0.2, 0) is 7.05 Å². The zero-order valence-corrected chi connectivity index (χ0v) is 8.64. The van der Waals surface area contributed by atoms with Crippen molar-refractivity contribution in [1.29, 1.82) is 0 Å². The topological polar surface area (TPSA) is 47.3 Å². The third kappa shape index (κ3) is 1.79. The first kappa shape index (κ1) is 9.58. The number of methoxy groups -OCH3 is 1. The van der Waals surface area contributed by atoms with E-state index < -0.39 is 0 Å². The van der Waals surface area contributed by atoms with E-state index in [1.165, 1.54) is 0 Å². The van der Waals surface area contributed by atoms with Gasteiger partial charge in [0.1, 0.15) is 11.5 Å². The average Bonchev–Trinajstić information content (AvgIpc) is 2.65. The van der Waals surface area contributed by atoms with Gasteiger partial charge in [-0.15, -0.1) is 0 Å². The van der Waals surface area contributed by atoms with Crippen LogP contribution >= 0.6 is 0 Å². The van der Waals surface area contributed by atoms with Gasteiger partial charge < -0.3 is 9.84 Å². The van der Waals surface area contributed by atoms with Gasteiger partial charge in [0.25, 0.3) is 0 Å². The molecule has 0 saturated heterocycles. The van der Waals surface area contributed by atoms with Gasteiger partial charge in [-0.25, -0.2) is 0 Å². The van der Waals surface area contributed by atoms with Crippen LogP contribution in [0, 0.1) is 0 Å². The molecule has 0 radical (unpaired) electrons. The number of hydrogen-bond donors (Lipinski definition) is 1. The maximum absolute atomic E-state index is 9.69. The summed E-state index contributed by atoms with van der Waals surface area (Å²) in [6, 6.07) is 6.91. The van der Waals surface area contributed by atoms with Gasteiger partial charge in [0.05, 0.1) is 12.8 Å². The maximum atomic E-state index is 9.69. The van der Waals surface area contributed by atoms with Crippen molar-refractivity contribution in [3.8, 4) is 22.8 Å². The molecule has 1 aromatic heterocycles. The Morgan fingerprint density at radius 1 is 1.33 bits per heavy atom. The van der Waals surface area contributed by atoms with Crippen molar-refractivity contribution in [3.63, 3.8) is 0 Å². The van der Waals surface area contributed by atoms with Crippen LogP contribution in [0.5, 0.6) is 11.5 Å². The second kappa shape index (κ2) is 3.65. The Balaban J connectivity index is 2.51. The maximum Gasteiger partial charge on any atom is 0.125 e. The van der Waals surface area contributed by atoms with Gasteiger partial charge in [0.2, 0.25) is 0 Å². The molecular weight excluding hydrogens is 192 g/mol. The van der Waals surface area contributed by atoms with Gasteiger partial charge in [0.15, 0.2) is 0 Å². The highest BCUT2D eigenvalue weighted by Gasteiger charge is 2.08. The molecule has 0 saturated carbocycles. The molecule has 0 bridgehead atoms. The van der Waals surface area contributed by atoms with Crippen LogP contribution in [0.2, 0.25) is 0 Å². The fourth-order valence-electron chi connectivity index (χ4n) is 1.41. The standard InChI is InChI=1S/C11H12N2O2/c1-13-6-5-10(12-13)9-7-8(15-2)3-4-11(9)14/h3-7,14H,1-2H3. The summed E-state index contributed by atoms with van der Waals surface area (Å²) in [5, 5.41) is 13.9. The lowest BCUT2D eigenvalue weighted by Gasteiger charge is -2.04. The van der Waals surface area contributed by atoms with Crippen LogP contribution in [0.1, 0.15) is 0 Å². The fraction of sp³-hybridized carbons (Fsp3) is 0.182. The van der Waals surface area contributed by atoms with Crippen molar-refractivity contribution in [1.82, 2.24) is 9.78 Å². The highest BCUT2D eigenvalue weighted by atomic mass is 16.5. The number of aryl methyl sites for hydroxylation is 1. The van der Waals surface area contributed by atoms with Crippen molar-refractivity contribution in [2.75, 3.05) is 7.11 Å². The Kier molecular flexibility index (Phi) is 2.33. The smallest absolute Gasteiger partial charge is 0.125 e. The summed E-state index contributed by atoms with van der Waals surface area (Å²) in [4.78, 5) is 0. The van der Waals surface area contributed by atoms with Crippen molar-refractivity contribution in [3.05, 3.63) is 30.5 Å². The Morgan fingerprint density at radius 2 is 2.13 bits per heavy atom. The zero-order chi connectivity index (χ0) is 10.8. The van der Waals surface area contributed by atoms with E-state index >= 15 is 0 Å². The average molecular weight is 204 g/mol. The number of phenolic OH excluding ortho intramolecular Hbond substituents is 1. The number of nitrogens with zero attached hydrogens (tertiary/aromatic N) is 2. The summed E-state index contributed by atoms with van der Waals surface area (Å²) in [5.74, 6) is 0.906. The summed E-state index contributed by atoms with van der Waals surface area (Å²) in [6.07, 6.45) is 1.83. The van der Waals surface area contributed by atoms with Crippen molar-refractivity contribution >= 4 is 0 Å². The Labute approximate surface area is 87.7 Å². The predicted molar refractivity (Wildman–Crippen MR) is 56.9 cm³/mol. The molecule has 1 heterocycles. The van der Waals surface area contributed by atoms with E-state index in [1.54, 1.807) is 30.0 Å². The largest absolute Gasteiger partial charge is 0.507 e. The Morgan fingerprint density at radius 3 is 2.73 bits per heavy atom. The fourth-order valence-corrected chi connectivity index (χ4v) is 1.41. The molecule has 0 atom stereocenters. The quantitative estimate of drug-likeness (QED) is 0.811. The number of aromatic hydroxyl groups is 1. The second-order valence-electron chi connectivity index (χ2n) is 3.26. The number of phenols is 1. The third-order valence-corrected chi connectivity index (χ3v) is 2.19. The number of rotatable bonds is 2. The van der Waals surface area contributed by atoms with Crippen molar-refractivity contribution in [2.45, 2.75) is 0 Å². The SMILES string of the molecule is COc1ccc(O)c(-c2ccn(C)n2)c1. The summed E-state index contributed by atoms with van der Waals surface area (Å²) in [5.41, 5.74) is 1.41. The van der Waals surface area contributed by atoms with Crippen LogP contribution in [0.15, 0.2) is 30.5 Å². The molecular formula is C11H12N2O2. The van der Waals surface area contributed by atoms with Crippen molar-refractivity contribution < 1.29 is 9.84 Å². The molecule has 0 aliphatic carbocycles. The van der Waals surface area contributed by atoms with Crippen LogP contribution < -0.4 is 4.74 Å². The van der Waals surface area contributed by atoms with E-state index in [9.17, 15) is 5.11 Å². The van der Waals surface area contributed by atoms with Gasteiger partial charge in [-0.05, 0) is 24.3 Å². The van der Waals surface area contributed by atoms with E-state index in [-0.39, 0.29) is 5.75 Å². The molecule has 0 aliphatic rings. The molecule has 1 N–H and O–H groups in total. The molecule has 2 rings (SSSR count). The van der Waals surface area contributed by atoms with Crippen LogP contribution in [-0.4, -0.2) is 22.0 Å². The molecule has 0 aliphatic heterocycles. The minimum Gasteiger partial charge on any atom is -0.507 e. The van der Waals surface area contributed by atoms with E-state index in [0.717, 1.165) is 5.69 Å². The van der Waals surface area contributed by atoms with Gasteiger partial charge >= 0.3 is 0 Å². The summed E-state index contributed by atoms with van der Waals surface area (Å²) < 4.78 is 6.78. The lowest BCUT2D eigenvalue weighted by molar-refractivity contribution is 0.412. The van der Waals surface area contributed by atoms with Crippen molar-refractivity contribution in [2.24, 2.45) is 7.05 Å². The monoisotopic (exact) mass is 204 g/mol. The first-order valence-corrected chi connectivity index (χ1v) is 4.58. The molecule has 0 amide bonds. The van der Waals surface area contributed by atoms with E-state index in [4.69, 9.17) is 4.74 Å². The molecule has 2 aromatic rings. The Bertz CT molecular complexity index is 477. The van der Waals surface area contributed by atoms with Crippen LogP contribution in [0.3, 0.4) is 0 Å². The minimum absolute atomic E-state index is 0.203. The number of benzene rings is 1. The molecule has 0 unspecified atom stereocenters. The molecule has 78 valence electrons. The third-order valence-electron chi connectivity index (χ3n) is 2.19. The minimum atomic E-state index is 0.203. The first-order chi connectivity index (χ1) is 7.20. The normalized spacial score (nSPS) is 10.3. The zero-order valence-electron chi connectivity index (χ0n) is 8.64. The molecule has 0 fully saturated rings. The van der Waals surface area contributed by atoms with E-state index in [1.807, 2.05) is 19.3 Å². The molecule has 4 heteroatoms. The molecule has 0 spiro atoms. The number of ether oxygens (including phenoxy) is 1. The molecule has 1 aromatic carbocycles. The highest BCUT2D eigenvalue weighted by Crippen LogP contribution is 2.31. The summed E-state index contributed by atoms with van der Waals surface area (Å²) in [6.45, 7) is 0. The first-order valence-electron chi connectivity index (χ1n) is 4.58. The summed E-state index contributed by atoms with van der Waals surface area (Å²) in [7, 11) is 3.43. The van der Waals surface area contributed by atoms with Crippen LogP contribution in [0.25, 0.3) is 11.3 Å². The van der Waals surface area contributed by atoms with E-state index in [0.29, 0.717) is 11.3 Å². The lowest BCUT2D eigenvalue weighted by Crippen LogP contribution is -1.89. The lowest BCUT2D eigenvalue weighted by atomic mass is 10.1. The van der Waals surface area contributed by atoms with Gasteiger partial charge in [-0.3, -0.25) is 4.68 Å². The molecule has 15 heavy (non-hydrogen) atoms. The predicted octanol–water partition coefficient (Wildman–Crippen LogP) is 1.80. The number of hydrogen-bond acceptors (Lipinski definition) is 3. The van der Waals surface area contributed by atoms with E-state index in [2.05, 4.69) is 5.10 Å². The van der Waals surface area contributed by atoms with Gasteiger partial charge in [0, 0.05) is 18.8 Å². The summed E-state index contributed by atoms with van der Waals surface area (Å²) >= 11 is 0. The molecule has 4 nitrogen and oxygen atoms in total. The second-order valence-corrected chi connectivity index (χ2v) is 3.26. The number of aromatic nitrogens is 2. The Hall–Kier alpha value is -1.97. The van der Waals surface area contributed by atoms with Crippen LogP contribution in [0.4, 0.5) is 0 Å². The van der Waals surface area contributed by atoms with Gasteiger partial charge in [-0.1, -0.05) is 0 Å².